The second-order valence-electron chi connectivity index (χ2n) is 8.99. The molecule has 0 saturated heterocycles. The maximum Gasteiger partial charge on any atom is 0.328 e. The number of aliphatic hydroxyl groups excluding tert-OH is 1. The lowest BCUT2D eigenvalue weighted by molar-refractivity contribution is -0.145. The Bertz CT molecular complexity index is 696. The van der Waals surface area contributed by atoms with E-state index in [-0.39, 0.29) is 37.5 Å². The van der Waals surface area contributed by atoms with Gasteiger partial charge in [-0.25, -0.2) is 4.79 Å². The van der Waals surface area contributed by atoms with Crippen LogP contribution in [0.2, 0.25) is 0 Å². The number of aliphatic carboxylic acids is 2. The second-order valence-corrected chi connectivity index (χ2v) is 8.99. The molecule has 33 heavy (non-hydrogen) atoms. The van der Waals surface area contributed by atoms with Crippen molar-refractivity contribution in [1.29, 1.82) is 0 Å². The molecule has 3 amide bonds. The van der Waals surface area contributed by atoms with E-state index in [2.05, 4.69) is 16.0 Å². The summed E-state index contributed by atoms with van der Waals surface area (Å²) in [6.07, 6.45) is -1.36. The van der Waals surface area contributed by atoms with Gasteiger partial charge in [-0.3, -0.25) is 19.2 Å². The molecule has 0 aromatic carbocycles. The highest BCUT2D eigenvalue weighted by Crippen LogP contribution is 2.10. The molecule has 12 nitrogen and oxygen atoms in total. The van der Waals surface area contributed by atoms with Gasteiger partial charge in [0.1, 0.15) is 12.1 Å². The van der Waals surface area contributed by atoms with Gasteiger partial charge in [0.15, 0.2) is 6.04 Å². The normalized spacial score (nSPS) is 15.8. The summed E-state index contributed by atoms with van der Waals surface area (Å²) in [6.45, 7) is 8.50. The molecule has 5 unspecified atom stereocenters. The Morgan fingerprint density at radius 3 is 1.55 bits per heavy atom. The van der Waals surface area contributed by atoms with E-state index in [1.54, 1.807) is 0 Å². The molecule has 0 aliphatic heterocycles. The molecule has 0 aromatic heterocycles. The summed E-state index contributed by atoms with van der Waals surface area (Å²) >= 11 is 0. The molecule has 12 heteroatoms. The fourth-order valence-corrected chi connectivity index (χ4v) is 3.01. The average Bonchev–Trinajstić information content (AvgIpc) is 2.67. The molecule has 8 N–H and O–H groups in total. The zero-order chi connectivity index (χ0) is 25.9. The standard InChI is InChI=1S/C21H38N4O8/c1-10(2)8-14(23-18(29)13(22)6-7-16(27)28)19(30)24-15(9-11(3)4)20(31)25-17(12(5)26)21(32)33/h10-15,17,26H,6-9,22H2,1-5H3,(H,23,29)(H,24,30)(H,25,31)(H,27,28)(H,32,33). The minimum Gasteiger partial charge on any atom is -0.481 e. The summed E-state index contributed by atoms with van der Waals surface area (Å²) in [5.41, 5.74) is 5.72. The van der Waals surface area contributed by atoms with Gasteiger partial charge < -0.3 is 37.0 Å². The molecule has 0 spiro atoms. The van der Waals surface area contributed by atoms with Crippen molar-refractivity contribution in [2.24, 2.45) is 17.6 Å². The molecule has 0 bridgehead atoms. The number of hydrogen-bond acceptors (Lipinski definition) is 7. The van der Waals surface area contributed by atoms with E-state index < -0.39 is 59.9 Å². The molecule has 0 radical (unpaired) electrons. The van der Waals surface area contributed by atoms with Crippen LogP contribution in [-0.4, -0.2) is 75.3 Å². The smallest absolute Gasteiger partial charge is 0.328 e. The summed E-state index contributed by atoms with van der Waals surface area (Å²) in [6, 6.07) is -4.82. The van der Waals surface area contributed by atoms with Crippen LogP contribution in [0.4, 0.5) is 0 Å². The van der Waals surface area contributed by atoms with Gasteiger partial charge in [0.25, 0.3) is 0 Å². The Morgan fingerprint density at radius 1 is 0.758 bits per heavy atom. The Morgan fingerprint density at radius 2 is 1.18 bits per heavy atom. The van der Waals surface area contributed by atoms with Crippen molar-refractivity contribution in [3.8, 4) is 0 Å². The molecule has 0 rings (SSSR count). The van der Waals surface area contributed by atoms with Crippen molar-refractivity contribution in [1.82, 2.24) is 16.0 Å². The van der Waals surface area contributed by atoms with Gasteiger partial charge in [-0.2, -0.15) is 0 Å². The third-order valence-electron chi connectivity index (χ3n) is 4.73. The Hall–Kier alpha value is -2.73. The molecule has 0 aliphatic rings. The minimum absolute atomic E-state index is 0.0136. The molecular formula is C21H38N4O8. The third-order valence-corrected chi connectivity index (χ3v) is 4.73. The molecule has 0 saturated carbocycles. The number of aliphatic hydroxyl groups is 1. The van der Waals surface area contributed by atoms with E-state index in [4.69, 9.17) is 10.8 Å². The molecule has 0 aliphatic carbocycles. The summed E-state index contributed by atoms with van der Waals surface area (Å²) in [7, 11) is 0. The number of hydrogen-bond donors (Lipinski definition) is 7. The van der Waals surface area contributed by atoms with Gasteiger partial charge >= 0.3 is 11.9 Å². The summed E-state index contributed by atoms with van der Waals surface area (Å²) in [5.74, 6) is -4.71. The van der Waals surface area contributed by atoms with Gasteiger partial charge in [0, 0.05) is 6.42 Å². The van der Waals surface area contributed by atoms with Crippen LogP contribution in [0, 0.1) is 11.8 Å². The van der Waals surface area contributed by atoms with E-state index in [1.807, 2.05) is 27.7 Å². The first-order chi connectivity index (χ1) is 15.1. The van der Waals surface area contributed by atoms with Crippen molar-refractivity contribution >= 4 is 29.7 Å². The number of amides is 3. The lowest BCUT2D eigenvalue weighted by Gasteiger charge is -2.27. The Kier molecular flexibility index (Phi) is 13.2. The number of carboxylic acid groups (broad SMARTS) is 2. The average molecular weight is 475 g/mol. The lowest BCUT2D eigenvalue weighted by Crippen LogP contribution is -2.58. The summed E-state index contributed by atoms with van der Waals surface area (Å²) in [4.78, 5) is 60.0. The van der Waals surface area contributed by atoms with Gasteiger partial charge in [0.2, 0.25) is 17.7 Å². The zero-order valence-electron chi connectivity index (χ0n) is 19.8. The quantitative estimate of drug-likeness (QED) is 0.158. The van der Waals surface area contributed by atoms with Crippen LogP contribution < -0.4 is 21.7 Å². The first-order valence-corrected chi connectivity index (χ1v) is 10.9. The SMILES string of the molecule is CC(C)CC(NC(=O)C(N)CCC(=O)O)C(=O)NC(CC(C)C)C(=O)NC(C(=O)O)C(C)O. The van der Waals surface area contributed by atoms with Crippen molar-refractivity contribution in [2.45, 2.75) is 90.6 Å². The molecule has 5 atom stereocenters. The maximum absolute atomic E-state index is 12.9. The molecule has 190 valence electrons. The number of carbonyl (C=O) groups is 5. The molecule has 0 fully saturated rings. The van der Waals surface area contributed by atoms with Crippen molar-refractivity contribution in [3.05, 3.63) is 0 Å². The lowest BCUT2D eigenvalue weighted by atomic mass is 9.99. The van der Waals surface area contributed by atoms with Crippen molar-refractivity contribution < 1.29 is 39.3 Å². The Balaban J connectivity index is 5.47. The maximum atomic E-state index is 12.9. The van der Waals surface area contributed by atoms with E-state index in [1.165, 1.54) is 6.92 Å². The van der Waals surface area contributed by atoms with Gasteiger partial charge in [-0.05, 0) is 38.0 Å². The predicted molar refractivity (Wildman–Crippen MR) is 119 cm³/mol. The van der Waals surface area contributed by atoms with Crippen LogP contribution >= 0.6 is 0 Å². The first kappa shape index (κ1) is 30.3. The number of nitrogens with two attached hydrogens (primary N) is 1. The number of carboxylic acids is 2. The highest BCUT2D eigenvalue weighted by Gasteiger charge is 2.32. The van der Waals surface area contributed by atoms with E-state index in [0.717, 1.165) is 0 Å². The zero-order valence-corrected chi connectivity index (χ0v) is 19.8. The second kappa shape index (κ2) is 14.4. The van der Waals surface area contributed by atoms with Crippen LogP contribution in [0.3, 0.4) is 0 Å². The predicted octanol–water partition coefficient (Wildman–Crippen LogP) is -0.809. The van der Waals surface area contributed by atoms with Crippen LogP contribution in [0.15, 0.2) is 0 Å². The monoisotopic (exact) mass is 474 g/mol. The molecule has 0 aromatic rings. The van der Waals surface area contributed by atoms with Crippen LogP contribution in [0.25, 0.3) is 0 Å². The van der Waals surface area contributed by atoms with Crippen molar-refractivity contribution in [2.75, 3.05) is 0 Å². The fraction of sp³-hybridized carbons (Fsp3) is 0.762. The fourth-order valence-electron chi connectivity index (χ4n) is 3.01. The van der Waals surface area contributed by atoms with Gasteiger partial charge in [-0.1, -0.05) is 27.7 Å². The number of carbonyl (C=O) groups excluding carboxylic acids is 3. The summed E-state index contributed by atoms with van der Waals surface area (Å²) < 4.78 is 0. The number of nitrogens with one attached hydrogen (secondary N) is 3. The highest BCUT2D eigenvalue weighted by molar-refractivity contribution is 5.94. The largest absolute Gasteiger partial charge is 0.481 e. The van der Waals surface area contributed by atoms with Crippen LogP contribution in [0.5, 0.6) is 0 Å². The van der Waals surface area contributed by atoms with Crippen LogP contribution in [-0.2, 0) is 24.0 Å². The van der Waals surface area contributed by atoms with Gasteiger partial charge in [0.05, 0.1) is 12.1 Å². The molecular weight excluding hydrogens is 436 g/mol. The third kappa shape index (κ3) is 12.2. The topological polar surface area (TPSA) is 208 Å². The molecule has 0 heterocycles. The highest BCUT2D eigenvalue weighted by atomic mass is 16.4. The van der Waals surface area contributed by atoms with Crippen molar-refractivity contribution in [3.63, 3.8) is 0 Å². The van der Waals surface area contributed by atoms with E-state index in [9.17, 15) is 34.2 Å². The van der Waals surface area contributed by atoms with Gasteiger partial charge in [-0.15, -0.1) is 0 Å². The van der Waals surface area contributed by atoms with E-state index in [0.29, 0.717) is 0 Å². The Labute approximate surface area is 193 Å². The van der Waals surface area contributed by atoms with Crippen LogP contribution in [0.1, 0.15) is 60.3 Å². The summed E-state index contributed by atoms with van der Waals surface area (Å²) in [5, 5.41) is 34.9. The number of rotatable bonds is 15. The minimum atomic E-state index is -1.55. The van der Waals surface area contributed by atoms with E-state index >= 15 is 0 Å². The first-order valence-electron chi connectivity index (χ1n) is 10.9.